The minimum absolute atomic E-state index is 0.0242. The summed E-state index contributed by atoms with van der Waals surface area (Å²) in [6.07, 6.45) is -0.161. The number of rotatable bonds is 7. The fourth-order valence-electron chi connectivity index (χ4n) is 3.18. The summed E-state index contributed by atoms with van der Waals surface area (Å²) in [6, 6.07) is 11.5. The zero-order valence-electron chi connectivity index (χ0n) is 16.5. The molecule has 3 rings (SSSR count). The molecule has 29 heavy (non-hydrogen) atoms. The van der Waals surface area contributed by atoms with Gasteiger partial charge in [0.05, 0.1) is 28.4 Å². The van der Waals surface area contributed by atoms with E-state index in [1.54, 1.807) is 16.7 Å². The minimum Gasteiger partial charge on any atom is -0.489 e. The lowest BCUT2D eigenvalue weighted by atomic mass is 10.2. The highest BCUT2D eigenvalue weighted by molar-refractivity contribution is 5.96. The molecule has 0 radical (unpaired) electrons. The molecule has 8 nitrogen and oxygen atoms in total. The summed E-state index contributed by atoms with van der Waals surface area (Å²) in [6.45, 7) is 5.81. The lowest BCUT2D eigenvalue weighted by molar-refractivity contribution is -0.116. The maximum atomic E-state index is 12.7. The van der Waals surface area contributed by atoms with Gasteiger partial charge in [0.1, 0.15) is 12.3 Å². The molecule has 0 aliphatic carbocycles. The summed E-state index contributed by atoms with van der Waals surface area (Å²) in [5.74, 6) is -1.21. The molecule has 2 aromatic carbocycles. The second-order valence-corrected chi connectivity index (χ2v) is 6.83. The summed E-state index contributed by atoms with van der Waals surface area (Å²) in [4.78, 5) is 36.7. The number of carboxylic acids is 1. The van der Waals surface area contributed by atoms with E-state index in [2.05, 4.69) is 5.32 Å². The van der Waals surface area contributed by atoms with Crippen molar-refractivity contribution >= 4 is 28.6 Å². The number of hydrogen-bond acceptors (Lipinski definition) is 4. The molecule has 1 aromatic heterocycles. The predicted octanol–water partition coefficient (Wildman–Crippen LogP) is 2.95. The van der Waals surface area contributed by atoms with Crippen LogP contribution in [-0.2, 0) is 17.9 Å². The Labute approximate surface area is 167 Å². The number of ether oxygens (including phenoxy) is 1. The molecule has 3 aromatic rings. The second-order valence-electron chi connectivity index (χ2n) is 6.83. The van der Waals surface area contributed by atoms with Gasteiger partial charge in [0, 0.05) is 6.54 Å². The van der Waals surface area contributed by atoms with Gasteiger partial charge in [-0.25, -0.2) is 9.59 Å². The summed E-state index contributed by atoms with van der Waals surface area (Å²) < 4.78 is 8.67. The van der Waals surface area contributed by atoms with E-state index in [4.69, 9.17) is 4.74 Å². The molecule has 0 aliphatic rings. The molecule has 0 saturated carbocycles. The molecular formula is C21H23N3O5. The fourth-order valence-corrected chi connectivity index (χ4v) is 3.18. The standard InChI is InChI=1S/C21H23N3O5/c1-4-23-16-7-5-6-8-17(16)24(21(23)28)12-19(25)22-15-11-14(20(26)27)9-10-18(15)29-13(2)3/h5-11,13H,4,12H2,1-3H3,(H,22,25)(H,26,27). The maximum absolute atomic E-state index is 12.7. The van der Waals surface area contributed by atoms with Crippen LogP contribution < -0.4 is 15.7 Å². The quantitative estimate of drug-likeness (QED) is 0.638. The summed E-state index contributed by atoms with van der Waals surface area (Å²) >= 11 is 0. The van der Waals surface area contributed by atoms with Gasteiger partial charge in [-0.3, -0.25) is 13.9 Å². The van der Waals surface area contributed by atoms with Crippen LogP contribution in [0.1, 0.15) is 31.1 Å². The van der Waals surface area contributed by atoms with E-state index in [-0.39, 0.29) is 29.6 Å². The average molecular weight is 397 g/mol. The van der Waals surface area contributed by atoms with Gasteiger partial charge in [-0.05, 0) is 51.1 Å². The molecule has 152 valence electrons. The Bertz CT molecular complexity index is 1130. The van der Waals surface area contributed by atoms with Gasteiger partial charge >= 0.3 is 11.7 Å². The van der Waals surface area contributed by atoms with Crippen molar-refractivity contribution in [3.8, 4) is 5.75 Å². The van der Waals surface area contributed by atoms with Crippen molar-refractivity contribution in [2.75, 3.05) is 5.32 Å². The number of nitrogens with zero attached hydrogens (tertiary/aromatic N) is 2. The smallest absolute Gasteiger partial charge is 0.335 e. The highest BCUT2D eigenvalue weighted by Gasteiger charge is 2.17. The van der Waals surface area contributed by atoms with E-state index in [1.165, 1.54) is 22.8 Å². The third-order valence-corrected chi connectivity index (χ3v) is 4.41. The molecule has 0 spiro atoms. The summed E-state index contributed by atoms with van der Waals surface area (Å²) in [5, 5.41) is 11.9. The first kappa shape index (κ1) is 20.2. The number of aryl methyl sites for hydroxylation is 1. The lowest BCUT2D eigenvalue weighted by Crippen LogP contribution is -2.29. The Hall–Kier alpha value is -3.55. The van der Waals surface area contributed by atoms with Gasteiger partial charge in [0.25, 0.3) is 0 Å². The van der Waals surface area contributed by atoms with E-state index in [9.17, 15) is 19.5 Å². The number of para-hydroxylation sites is 2. The normalized spacial score (nSPS) is 11.0. The van der Waals surface area contributed by atoms with Gasteiger partial charge in [-0.1, -0.05) is 12.1 Å². The van der Waals surface area contributed by atoms with E-state index < -0.39 is 11.9 Å². The number of nitrogens with one attached hydrogen (secondary N) is 1. The van der Waals surface area contributed by atoms with E-state index in [0.29, 0.717) is 17.8 Å². The van der Waals surface area contributed by atoms with Gasteiger partial charge in [-0.2, -0.15) is 0 Å². The molecule has 0 aliphatic heterocycles. The number of carbonyl (C=O) groups is 2. The average Bonchev–Trinajstić information content (AvgIpc) is 2.93. The van der Waals surface area contributed by atoms with Gasteiger partial charge in [0.2, 0.25) is 5.91 Å². The third-order valence-electron chi connectivity index (χ3n) is 4.41. The molecule has 0 unspecified atom stereocenters. The van der Waals surface area contributed by atoms with Crippen LogP contribution in [0.4, 0.5) is 5.69 Å². The number of fused-ring (bicyclic) bond motifs is 1. The number of hydrogen-bond donors (Lipinski definition) is 2. The first-order valence-corrected chi connectivity index (χ1v) is 9.33. The zero-order valence-corrected chi connectivity index (χ0v) is 16.5. The van der Waals surface area contributed by atoms with Crippen molar-refractivity contribution in [2.45, 2.75) is 40.0 Å². The molecule has 0 saturated heterocycles. The van der Waals surface area contributed by atoms with Crippen LogP contribution in [0.15, 0.2) is 47.3 Å². The van der Waals surface area contributed by atoms with E-state index in [0.717, 1.165) is 5.52 Å². The molecule has 1 amide bonds. The minimum atomic E-state index is -1.11. The Morgan fingerprint density at radius 2 is 1.76 bits per heavy atom. The molecule has 0 atom stereocenters. The number of amides is 1. The van der Waals surface area contributed by atoms with Crippen molar-refractivity contribution in [3.05, 3.63) is 58.5 Å². The van der Waals surface area contributed by atoms with E-state index in [1.807, 2.05) is 32.9 Å². The van der Waals surface area contributed by atoms with Crippen LogP contribution in [0, 0.1) is 0 Å². The van der Waals surface area contributed by atoms with Gasteiger partial charge in [0.15, 0.2) is 0 Å². The summed E-state index contributed by atoms with van der Waals surface area (Å²) in [5.41, 5.74) is 1.41. The number of carboxylic acid groups (broad SMARTS) is 1. The van der Waals surface area contributed by atoms with Crippen LogP contribution in [-0.4, -0.2) is 32.2 Å². The van der Waals surface area contributed by atoms with Crippen molar-refractivity contribution in [2.24, 2.45) is 0 Å². The molecule has 1 heterocycles. The Balaban J connectivity index is 1.93. The first-order valence-electron chi connectivity index (χ1n) is 9.33. The molecule has 0 bridgehead atoms. The summed E-state index contributed by atoms with van der Waals surface area (Å²) in [7, 11) is 0. The number of anilines is 1. The maximum Gasteiger partial charge on any atom is 0.335 e. The largest absolute Gasteiger partial charge is 0.489 e. The van der Waals surface area contributed by atoms with E-state index >= 15 is 0 Å². The number of benzene rings is 2. The van der Waals surface area contributed by atoms with Crippen molar-refractivity contribution in [1.82, 2.24) is 9.13 Å². The van der Waals surface area contributed by atoms with Crippen LogP contribution in [0.25, 0.3) is 11.0 Å². The van der Waals surface area contributed by atoms with Gasteiger partial charge < -0.3 is 15.2 Å². The number of imidazole rings is 1. The van der Waals surface area contributed by atoms with Crippen LogP contribution in [0.3, 0.4) is 0 Å². The highest BCUT2D eigenvalue weighted by Crippen LogP contribution is 2.27. The van der Waals surface area contributed by atoms with Crippen molar-refractivity contribution in [3.63, 3.8) is 0 Å². The molecular weight excluding hydrogens is 374 g/mol. The predicted molar refractivity (Wildman–Crippen MR) is 110 cm³/mol. The molecule has 8 heteroatoms. The Kier molecular flexibility index (Phi) is 5.72. The zero-order chi connectivity index (χ0) is 21.1. The lowest BCUT2D eigenvalue weighted by Gasteiger charge is -2.15. The van der Waals surface area contributed by atoms with Crippen molar-refractivity contribution in [1.29, 1.82) is 0 Å². The first-order chi connectivity index (χ1) is 13.8. The highest BCUT2D eigenvalue weighted by atomic mass is 16.5. The van der Waals surface area contributed by atoms with Crippen LogP contribution >= 0.6 is 0 Å². The molecule has 0 fully saturated rings. The van der Waals surface area contributed by atoms with Crippen LogP contribution in [0.2, 0.25) is 0 Å². The Morgan fingerprint density at radius 3 is 2.34 bits per heavy atom. The molecule has 2 N–H and O–H groups in total. The SMILES string of the molecule is CCn1c(=O)n(CC(=O)Nc2cc(C(=O)O)ccc2OC(C)C)c2ccccc21. The monoisotopic (exact) mass is 397 g/mol. The number of aromatic nitrogens is 2. The second kappa shape index (κ2) is 8.22. The third kappa shape index (κ3) is 4.16. The van der Waals surface area contributed by atoms with Crippen molar-refractivity contribution < 1.29 is 19.4 Å². The topological polar surface area (TPSA) is 103 Å². The number of carbonyl (C=O) groups excluding carboxylic acids is 1. The fraction of sp³-hybridized carbons (Fsp3) is 0.286. The van der Waals surface area contributed by atoms with Crippen LogP contribution in [0.5, 0.6) is 5.75 Å². The van der Waals surface area contributed by atoms with Gasteiger partial charge in [-0.15, -0.1) is 0 Å². The Morgan fingerprint density at radius 1 is 1.10 bits per heavy atom. The number of aromatic carboxylic acids is 1.